The number of amides is 1. The lowest BCUT2D eigenvalue weighted by atomic mass is 10.1. The van der Waals surface area contributed by atoms with Crippen LogP contribution in [0.3, 0.4) is 0 Å². The largest absolute Gasteiger partial charge is 0.497 e. The third kappa shape index (κ3) is 4.91. The van der Waals surface area contributed by atoms with Crippen LogP contribution in [0.4, 0.5) is 5.13 Å². The second-order valence-electron chi connectivity index (χ2n) is 5.72. The second-order valence-corrected chi connectivity index (χ2v) is 6.58. The fourth-order valence-electron chi connectivity index (χ4n) is 2.48. The Labute approximate surface area is 170 Å². The van der Waals surface area contributed by atoms with Crippen LogP contribution in [-0.2, 0) is 16.0 Å². The lowest BCUT2D eigenvalue weighted by Crippen LogP contribution is -2.12. The summed E-state index contributed by atoms with van der Waals surface area (Å²) in [4.78, 5) is 28.2. The van der Waals surface area contributed by atoms with Gasteiger partial charge in [-0.1, -0.05) is 5.16 Å². The fraction of sp³-hybridized carbons (Fsp3) is 0.263. The predicted molar refractivity (Wildman–Crippen MR) is 105 cm³/mol. The lowest BCUT2D eigenvalue weighted by molar-refractivity contribution is -0.142. The Bertz CT molecular complexity index is 1010. The maximum absolute atomic E-state index is 12.5. The molecule has 1 aromatic carbocycles. The number of carbonyl (C=O) groups excluding carboxylic acids is 2. The number of carbonyl (C=O) groups is 2. The van der Waals surface area contributed by atoms with Gasteiger partial charge in [0.2, 0.25) is 0 Å². The molecule has 0 radical (unpaired) electrons. The smallest absolute Gasteiger partial charge is 0.311 e. The highest BCUT2D eigenvalue weighted by Gasteiger charge is 2.18. The number of esters is 1. The number of nitrogens with one attached hydrogen (secondary N) is 1. The van der Waals surface area contributed by atoms with Gasteiger partial charge in [0.25, 0.3) is 5.91 Å². The monoisotopic (exact) mass is 417 g/mol. The van der Waals surface area contributed by atoms with Crippen molar-refractivity contribution in [3.8, 4) is 22.8 Å². The Hall–Kier alpha value is -3.40. The van der Waals surface area contributed by atoms with Gasteiger partial charge < -0.3 is 18.7 Å². The number of aromatic nitrogens is 2. The van der Waals surface area contributed by atoms with Gasteiger partial charge >= 0.3 is 5.97 Å². The molecule has 3 aromatic rings. The number of methoxy groups -OCH3 is 2. The summed E-state index contributed by atoms with van der Waals surface area (Å²) in [6.07, 6.45) is 0.0456. The van der Waals surface area contributed by atoms with Crippen LogP contribution in [0.5, 0.6) is 11.5 Å². The predicted octanol–water partition coefficient (Wildman–Crippen LogP) is 3.17. The molecule has 0 atom stereocenters. The molecule has 0 aliphatic carbocycles. The molecule has 2 heterocycles. The van der Waals surface area contributed by atoms with Crippen LogP contribution >= 0.6 is 11.3 Å². The van der Waals surface area contributed by atoms with E-state index in [9.17, 15) is 9.59 Å². The van der Waals surface area contributed by atoms with E-state index in [0.29, 0.717) is 40.3 Å². The number of ether oxygens (including phenoxy) is 3. The van der Waals surface area contributed by atoms with Crippen molar-refractivity contribution in [2.75, 3.05) is 26.1 Å². The normalized spacial score (nSPS) is 10.4. The Kier molecular flexibility index (Phi) is 6.45. The number of hydrogen-bond donors (Lipinski definition) is 1. The highest BCUT2D eigenvalue weighted by molar-refractivity contribution is 7.14. The molecule has 0 saturated carbocycles. The number of hydrogen-bond acceptors (Lipinski definition) is 9. The van der Waals surface area contributed by atoms with Crippen molar-refractivity contribution in [2.24, 2.45) is 0 Å². The van der Waals surface area contributed by atoms with Gasteiger partial charge in [-0.3, -0.25) is 14.9 Å². The summed E-state index contributed by atoms with van der Waals surface area (Å²) in [6.45, 7) is 2.04. The molecule has 29 heavy (non-hydrogen) atoms. The van der Waals surface area contributed by atoms with E-state index in [1.807, 2.05) is 0 Å². The van der Waals surface area contributed by atoms with Gasteiger partial charge in [-0.2, -0.15) is 0 Å². The number of rotatable bonds is 8. The van der Waals surface area contributed by atoms with E-state index >= 15 is 0 Å². The van der Waals surface area contributed by atoms with Crippen LogP contribution in [0.15, 0.2) is 34.2 Å². The highest BCUT2D eigenvalue weighted by atomic mass is 32.1. The summed E-state index contributed by atoms with van der Waals surface area (Å²) >= 11 is 1.20. The van der Waals surface area contributed by atoms with Gasteiger partial charge in [0.1, 0.15) is 11.5 Å². The summed E-state index contributed by atoms with van der Waals surface area (Å²) in [6, 6.07) is 6.71. The molecule has 0 unspecified atom stereocenters. The Morgan fingerprint density at radius 1 is 1.21 bits per heavy atom. The first-order valence-electron chi connectivity index (χ1n) is 8.64. The molecule has 3 rings (SSSR count). The van der Waals surface area contributed by atoms with E-state index in [2.05, 4.69) is 15.5 Å². The van der Waals surface area contributed by atoms with Crippen molar-refractivity contribution >= 4 is 28.3 Å². The molecule has 2 aromatic heterocycles. The lowest BCUT2D eigenvalue weighted by Gasteiger charge is -2.07. The summed E-state index contributed by atoms with van der Waals surface area (Å²) in [5.41, 5.74) is 1.20. The number of anilines is 1. The van der Waals surface area contributed by atoms with E-state index in [0.717, 1.165) is 0 Å². The van der Waals surface area contributed by atoms with Crippen molar-refractivity contribution < 1.29 is 28.3 Å². The highest BCUT2D eigenvalue weighted by Crippen LogP contribution is 2.33. The van der Waals surface area contributed by atoms with E-state index in [-0.39, 0.29) is 18.1 Å². The molecule has 0 aliphatic rings. The molecular weight excluding hydrogens is 398 g/mol. The molecule has 0 spiro atoms. The van der Waals surface area contributed by atoms with E-state index in [1.54, 1.807) is 37.6 Å². The Morgan fingerprint density at radius 3 is 2.76 bits per heavy atom. The van der Waals surface area contributed by atoms with Crippen LogP contribution < -0.4 is 14.8 Å². The van der Waals surface area contributed by atoms with Gasteiger partial charge in [0.15, 0.2) is 16.6 Å². The maximum atomic E-state index is 12.5. The first-order chi connectivity index (χ1) is 14.0. The average molecular weight is 417 g/mol. The van der Waals surface area contributed by atoms with Crippen LogP contribution in [0, 0.1) is 0 Å². The molecule has 0 fully saturated rings. The standard InChI is InChI=1S/C19H19N3O6S/c1-4-27-17(23)7-11-10-29-19(20-11)21-18(24)14-9-16(28-22-14)13-8-12(25-2)5-6-15(13)26-3/h5-6,8-10H,4,7H2,1-3H3,(H,20,21,24). The van der Waals surface area contributed by atoms with Gasteiger partial charge in [-0.25, -0.2) is 4.98 Å². The van der Waals surface area contributed by atoms with Crippen molar-refractivity contribution in [1.29, 1.82) is 0 Å². The third-order valence-corrected chi connectivity index (χ3v) is 4.62. The minimum absolute atomic E-state index is 0.0456. The number of thiazole rings is 1. The van der Waals surface area contributed by atoms with Crippen LogP contribution in [0.2, 0.25) is 0 Å². The van der Waals surface area contributed by atoms with Crippen molar-refractivity contribution in [3.63, 3.8) is 0 Å². The summed E-state index contributed by atoms with van der Waals surface area (Å²) < 4.78 is 20.7. The van der Waals surface area contributed by atoms with Crippen LogP contribution in [-0.4, -0.2) is 42.8 Å². The molecule has 10 heteroatoms. The van der Waals surface area contributed by atoms with Gasteiger partial charge in [-0.15, -0.1) is 11.3 Å². The topological polar surface area (TPSA) is 113 Å². The summed E-state index contributed by atoms with van der Waals surface area (Å²) in [7, 11) is 3.08. The average Bonchev–Trinajstić information content (AvgIpc) is 3.37. The molecule has 152 valence electrons. The quantitative estimate of drug-likeness (QED) is 0.556. The molecule has 0 saturated heterocycles. The zero-order chi connectivity index (χ0) is 20.8. The number of benzene rings is 1. The minimum atomic E-state index is -0.487. The first kappa shape index (κ1) is 20.3. The first-order valence-corrected chi connectivity index (χ1v) is 9.52. The summed E-state index contributed by atoms with van der Waals surface area (Å²) in [5, 5.41) is 8.48. The fourth-order valence-corrected chi connectivity index (χ4v) is 3.19. The van der Waals surface area contributed by atoms with Gasteiger partial charge in [0.05, 0.1) is 38.5 Å². The zero-order valence-corrected chi connectivity index (χ0v) is 16.9. The molecule has 0 bridgehead atoms. The van der Waals surface area contributed by atoms with E-state index in [1.165, 1.54) is 24.5 Å². The summed E-state index contributed by atoms with van der Waals surface area (Å²) in [5.74, 6) is 0.661. The van der Waals surface area contributed by atoms with Crippen molar-refractivity contribution in [3.05, 3.63) is 41.0 Å². The molecule has 1 amide bonds. The Morgan fingerprint density at radius 2 is 2.03 bits per heavy atom. The van der Waals surface area contributed by atoms with Gasteiger partial charge in [0, 0.05) is 11.4 Å². The van der Waals surface area contributed by atoms with Crippen molar-refractivity contribution in [2.45, 2.75) is 13.3 Å². The van der Waals surface area contributed by atoms with Crippen LogP contribution in [0.1, 0.15) is 23.1 Å². The van der Waals surface area contributed by atoms with E-state index in [4.69, 9.17) is 18.7 Å². The molecule has 0 aliphatic heterocycles. The van der Waals surface area contributed by atoms with E-state index < -0.39 is 5.91 Å². The SMILES string of the molecule is CCOC(=O)Cc1csc(NC(=O)c2cc(-c3cc(OC)ccc3OC)on2)n1. The Balaban J connectivity index is 1.72. The molecular formula is C19H19N3O6S. The number of nitrogens with zero attached hydrogens (tertiary/aromatic N) is 2. The van der Waals surface area contributed by atoms with Crippen LogP contribution in [0.25, 0.3) is 11.3 Å². The second kappa shape index (κ2) is 9.20. The third-order valence-electron chi connectivity index (χ3n) is 3.82. The molecule has 9 nitrogen and oxygen atoms in total. The van der Waals surface area contributed by atoms with Crippen molar-refractivity contribution in [1.82, 2.24) is 10.1 Å². The zero-order valence-electron chi connectivity index (χ0n) is 16.1. The maximum Gasteiger partial charge on any atom is 0.311 e. The minimum Gasteiger partial charge on any atom is -0.497 e. The van der Waals surface area contributed by atoms with Gasteiger partial charge in [-0.05, 0) is 25.1 Å². The molecule has 1 N–H and O–H groups in total.